The summed E-state index contributed by atoms with van der Waals surface area (Å²) >= 11 is 0. The van der Waals surface area contributed by atoms with E-state index >= 15 is 0 Å². The van der Waals surface area contributed by atoms with E-state index in [1.54, 1.807) is 0 Å². The second-order valence-corrected chi connectivity index (χ2v) is 5.24. The first-order chi connectivity index (χ1) is 10.1. The molecule has 0 spiro atoms. The first kappa shape index (κ1) is 13.4. The predicted molar refractivity (Wildman–Crippen MR) is 83.4 cm³/mol. The number of carbonyl (C=O) groups excluding carboxylic acids is 1. The van der Waals surface area contributed by atoms with Crippen molar-refractivity contribution in [2.45, 2.75) is 20.3 Å². The van der Waals surface area contributed by atoms with E-state index in [-0.39, 0.29) is 12.3 Å². The van der Waals surface area contributed by atoms with Gasteiger partial charge in [0.2, 0.25) is 5.91 Å². The molecular weight excluding hydrogens is 262 g/mol. The Morgan fingerprint density at radius 1 is 1.24 bits per heavy atom. The van der Waals surface area contributed by atoms with Crippen LogP contribution in [0.1, 0.15) is 16.8 Å². The highest BCUT2D eigenvalue weighted by molar-refractivity contribution is 5.92. The van der Waals surface area contributed by atoms with Gasteiger partial charge in [0.05, 0.1) is 12.1 Å². The molecule has 1 amide bonds. The summed E-state index contributed by atoms with van der Waals surface area (Å²) in [7, 11) is 0. The zero-order valence-electron chi connectivity index (χ0n) is 12.1. The summed E-state index contributed by atoms with van der Waals surface area (Å²) in [6.45, 7) is 4.03. The topological polar surface area (TPSA) is 46.4 Å². The van der Waals surface area contributed by atoms with Gasteiger partial charge >= 0.3 is 0 Å². The fraction of sp³-hybridized carbons (Fsp3) is 0.176. The number of aryl methyl sites for hydroxylation is 2. The minimum atomic E-state index is -0.0506. The van der Waals surface area contributed by atoms with Crippen LogP contribution in [0.5, 0.6) is 0 Å². The SMILES string of the molecule is Cc1ccc(NC(=O)Cc2cn3ccccc3n2)c(C)c1. The summed E-state index contributed by atoms with van der Waals surface area (Å²) in [4.78, 5) is 16.6. The van der Waals surface area contributed by atoms with E-state index < -0.39 is 0 Å². The van der Waals surface area contributed by atoms with Crippen LogP contribution in [-0.4, -0.2) is 15.3 Å². The number of imidazole rings is 1. The molecule has 4 heteroatoms. The molecule has 1 N–H and O–H groups in total. The summed E-state index contributed by atoms with van der Waals surface area (Å²) in [5.74, 6) is -0.0506. The quantitative estimate of drug-likeness (QED) is 0.800. The molecule has 21 heavy (non-hydrogen) atoms. The minimum absolute atomic E-state index is 0.0506. The lowest BCUT2D eigenvalue weighted by Crippen LogP contribution is -2.15. The van der Waals surface area contributed by atoms with Gasteiger partial charge in [-0.05, 0) is 37.6 Å². The standard InChI is InChI=1S/C17H17N3O/c1-12-6-7-15(13(2)9-12)19-17(21)10-14-11-20-8-4-3-5-16(20)18-14/h3-9,11H,10H2,1-2H3,(H,19,21). The Labute approximate surface area is 123 Å². The number of hydrogen-bond donors (Lipinski definition) is 1. The van der Waals surface area contributed by atoms with Crippen LogP contribution in [0, 0.1) is 13.8 Å². The number of fused-ring (bicyclic) bond motifs is 1. The van der Waals surface area contributed by atoms with Gasteiger partial charge in [0.25, 0.3) is 0 Å². The van der Waals surface area contributed by atoms with Crippen molar-refractivity contribution in [2.75, 3.05) is 5.32 Å². The Balaban J connectivity index is 1.74. The number of aromatic nitrogens is 2. The maximum absolute atomic E-state index is 12.1. The highest BCUT2D eigenvalue weighted by atomic mass is 16.1. The van der Waals surface area contributed by atoms with E-state index in [0.29, 0.717) is 0 Å². The van der Waals surface area contributed by atoms with Crippen LogP contribution in [0.4, 0.5) is 5.69 Å². The summed E-state index contributed by atoms with van der Waals surface area (Å²) in [5.41, 5.74) is 4.73. The van der Waals surface area contributed by atoms with Crippen molar-refractivity contribution in [3.8, 4) is 0 Å². The smallest absolute Gasteiger partial charge is 0.230 e. The fourth-order valence-corrected chi connectivity index (χ4v) is 2.39. The zero-order chi connectivity index (χ0) is 14.8. The van der Waals surface area contributed by atoms with Crippen LogP contribution in [0.3, 0.4) is 0 Å². The molecule has 4 nitrogen and oxygen atoms in total. The van der Waals surface area contributed by atoms with E-state index in [9.17, 15) is 4.79 Å². The van der Waals surface area contributed by atoms with Gasteiger partial charge in [0.1, 0.15) is 5.65 Å². The molecule has 0 aliphatic rings. The van der Waals surface area contributed by atoms with E-state index in [1.807, 2.05) is 61.0 Å². The summed E-state index contributed by atoms with van der Waals surface area (Å²) in [6.07, 6.45) is 4.08. The van der Waals surface area contributed by atoms with Crippen molar-refractivity contribution in [3.63, 3.8) is 0 Å². The molecule has 0 atom stereocenters. The minimum Gasteiger partial charge on any atom is -0.326 e. The van der Waals surface area contributed by atoms with Gasteiger partial charge in [-0.1, -0.05) is 23.8 Å². The Morgan fingerprint density at radius 2 is 2.10 bits per heavy atom. The number of hydrogen-bond acceptors (Lipinski definition) is 2. The molecule has 0 aliphatic carbocycles. The van der Waals surface area contributed by atoms with Gasteiger partial charge in [-0.15, -0.1) is 0 Å². The number of rotatable bonds is 3. The average molecular weight is 279 g/mol. The van der Waals surface area contributed by atoms with Gasteiger partial charge in [-0.2, -0.15) is 0 Å². The number of benzene rings is 1. The van der Waals surface area contributed by atoms with Crippen LogP contribution in [0.15, 0.2) is 48.8 Å². The third-order valence-electron chi connectivity index (χ3n) is 3.41. The van der Waals surface area contributed by atoms with Gasteiger partial charge in [-0.25, -0.2) is 4.98 Å². The molecule has 0 bridgehead atoms. The molecule has 2 aromatic heterocycles. The Bertz CT molecular complexity index is 772. The number of anilines is 1. The third kappa shape index (κ3) is 2.94. The van der Waals surface area contributed by atoms with Crippen molar-refractivity contribution in [1.29, 1.82) is 0 Å². The first-order valence-corrected chi connectivity index (χ1v) is 6.91. The van der Waals surface area contributed by atoms with Crippen molar-refractivity contribution in [3.05, 3.63) is 65.6 Å². The number of nitrogens with one attached hydrogen (secondary N) is 1. The van der Waals surface area contributed by atoms with Crippen LogP contribution in [0.2, 0.25) is 0 Å². The van der Waals surface area contributed by atoms with Crippen LogP contribution in [-0.2, 0) is 11.2 Å². The number of amides is 1. The molecule has 0 radical (unpaired) electrons. The summed E-state index contributed by atoms with van der Waals surface area (Å²) in [5, 5.41) is 2.94. The van der Waals surface area contributed by atoms with Gasteiger partial charge in [0, 0.05) is 18.1 Å². The molecule has 0 saturated heterocycles. The lowest BCUT2D eigenvalue weighted by atomic mass is 10.1. The molecule has 2 heterocycles. The molecule has 3 aromatic rings. The number of carbonyl (C=O) groups is 1. The van der Waals surface area contributed by atoms with Crippen molar-refractivity contribution >= 4 is 17.2 Å². The second-order valence-electron chi connectivity index (χ2n) is 5.24. The normalized spacial score (nSPS) is 10.8. The van der Waals surface area contributed by atoms with Gasteiger partial charge in [0.15, 0.2) is 0 Å². The molecule has 1 aromatic carbocycles. The maximum atomic E-state index is 12.1. The maximum Gasteiger partial charge on any atom is 0.230 e. The zero-order valence-corrected chi connectivity index (χ0v) is 12.1. The second kappa shape index (κ2) is 5.40. The van der Waals surface area contributed by atoms with Gasteiger partial charge < -0.3 is 9.72 Å². The molecule has 0 aliphatic heterocycles. The summed E-state index contributed by atoms with van der Waals surface area (Å²) in [6, 6.07) is 11.8. The Kier molecular flexibility index (Phi) is 3.44. The first-order valence-electron chi connectivity index (χ1n) is 6.91. The van der Waals surface area contributed by atoms with Crippen LogP contribution < -0.4 is 5.32 Å². The lowest BCUT2D eigenvalue weighted by Gasteiger charge is -2.08. The molecule has 106 valence electrons. The van der Waals surface area contributed by atoms with Crippen molar-refractivity contribution in [1.82, 2.24) is 9.38 Å². The lowest BCUT2D eigenvalue weighted by molar-refractivity contribution is -0.115. The van der Waals surface area contributed by atoms with Crippen molar-refractivity contribution in [2.24, 2.45) is 0 Å². The van der Waals surface area contributed by atoms with Crippen LogP contribution in [0.25, 0.3) is 5.65 Å². The van der Waals surface area contributed by atoms with E-state index in [4.69, 9.17) is 0 Å². The van der Waals surface area contributed by atoms with E-state index in [1.165, 1.54) is 5.56 Å². The fourth-order valence-electron chi connectivity index (χ4n) is 2.39. The molecular formula is C17H17N3O. The summed E-state index contributed by atoms with van der Waals surface area (Å²) < 4.78 is 1.92. The largest absolute Gasteiger partial charge is 0.326 e. The molecule has 0 fully saturated rings. The van der Waals surface area contributed by atoms with Crippen molar-refractivity contribution < 1.29 is 4.79 Å². The predicted octanol–water partition coefficient (Wildman–Crippen LogP) is 3.13. The Hall–Kier alpha value is -2.62. The van der Waals surface area contributed by atoms with E-state index in [2.05, 4.69) is 16.4 Å². The molecule has 0 unspecified atom stereocenters. The highest BCUT2D eigenvalue weighted by Gasteiger charge is 2.09. The average Bonchev–Trinajstić information content (AvgIpc) is 2.84. The highest BCUT2D eigenvalue weighted by Crippen LogP contribution is 2.16. The van der Waals surface area contributed by atoms with Crippen LogP contribution >= 0.6 is 0 Å². The van der Waals surface area contributed by atoms with E-state index in [0.717, 1.165) is 22.6 Å². The Morgan fingerprint density at radius 3 is 2.86 bits per heavy atom. The molecule has 0 saturated carbocycles. The van der Waals surface area contributed by atoms with Gasteiger partial charge in [-0.3, -0.25) is 4.79 Å². The third-order valence-corrected chi connectivity index (χ3v) is 3.41. The monoisotopic (exact) mass is 279 g/mol. The number of nitrogens with zero attached hydrogens (tertiary/aromatic N) is 2. The molecule has 3 rings (SSSR count). The number of pyridine rings is 1.